The Kier molecular flexibility index (Phi) is 4.13. The lowest BCUT2D eigenvalue weighted by molar-refractivity contribution is -0.220. The molecule has 0 saturated carbocycles. The summed E-state index contributed by atoms with van der Waals surface area (Å²) < 4.78 is 37.7. The molecule has 0 fully saturated rings. The number of hydrazine groups is 1. The molecule has 0 aromatic carbocycles. The van der Waals surface area contributed by atoms with Crippen LogP contribution < -0.4 is 16.6 Å². The maximum Gasteiger partial charge on any atom is 0.405 e. The highest BCUT2D eigenvalue weighted by Crippen LogP contribution is 2.40. The van der Waals surface area contributed by atoms with E-state index in [-0.39, 0.29) is 0 Å². The molecule has 0 aliphatic carbocycles. The van der Waals surface area contributed by atoms with E-state index in [9.17, 15) is 22.8 Å². The Hall–Kier alpha value is -1.51. The monoisotopic (exact) mass is 243 g/mol. The second-order valence-electron chi connectivity index (χ2n) is 3.61. The van der Waals surface area contributed by atoms with Crippen LogP contribution in [-0.4, -0.2) is 29.3 Å². The molecule has 6 nitrogen and oxygen atoms in total. The van der Waals surface area contributed by atoms with Gasteiger partial charge in [-0.15, -0.1) is 0 Å². The number of hydrogen-bond acceptors (Lipinski definition) is 3. The zero-order chi connectivity index (χ0) is 13.1. The zero-order valence-electron chi connectivity index (χ0n) is 8.55. The molecule has 0 aliphatic heterocycles. The number of carbonyl (C=O) groups excluding carboxylic acids is 1. The van der Waals surface area contributed by atoms with Gasteiger partial charge in [-0.1, -0.05) is 0 Å². The van der Waals surface area contributed by atoms with Crippen LogP contribution in [0, 0.1) is 5.41 Å². The number of nitrogens with one attached hydrogen (secondary N) is 2. The SMILES string of the molecule is CC(C)(C(NC(=O)O)C(=O)NN)C(F)(F)F. The van der Waals surface area contributed by atoms with Gasteiger partial charge >= 0.3 is 12.3 Å². The van der Waals surface area contributed by atoms with E-state index in [0.717, 1.165) is 0 Å². The molecule has 0 spiro atoms. The summed E-state index contributed by atoms with van der Waals surface area (Å²) in [6.45, 7) is 1.39. The number of alkyl halides is 3. The van der Waals surface area contributed by atoms with E-state index in [1.54, 1.807) is 0 Å². The van der Waals surface area contributed by atoms with Crippen molar-refractivity contribution in [2.75, 3.05) is 0 Å². The highest BCUT2D eigenvalue weighted by molar-refractivity contribution is 5.85. The Balaban J connectivity index is 5.17. The lowest BCUT2D eigenvalue weighted by Gasteiger charge is -2.34. The van der Waals surface area contributed by atoms with Crippen LogP contribution in [0.1, 0.15) is 13.8 Å². The molecule has 0 radical (unpaired) electrons. The average molecular weight is 243 g/mol. The molecule has 0 aromatic heterocycles. The van der Waals surface area contributed by atoms with Gasteiger partial charge in [-0.05, 0) is 13.8 Å². The highest BCUT2D eigenvalue weighted by atomic mass is 19.4. The van der Waals surface area contributed by atoms with E-state index in [2.05, 4.69) is 5.84 Å². The van der Waals surface area contributed by atoms with Crippen molar-refractivity contribution < 1.29 is 27.9 Å². The van der Waals surface area contributed by atoms with Crippen LogP contribution in [0.2, 0.25) is 0 Å². The van der Waals surface area contributed by atoms with Gasteiger partial charge in [-0.2, -0.15) is 13.2 Å². The summed E-state index contributed by atoms with van der Waals surface area (Å²) in [6.07, 6.45) is -6.50. The number of rotatable bonds is 3. The van der Waals surface area contributed by atoms with Gasteiger partial charge < -0.3 is 10.4 Å². The molecule has 0 heterocycles. The fourth-order valence-electron chi connectivity index (χ4n) is 0.944. The summed E-state index contributed by atoms with van der Waals surface area (Å²) in [5, 5.41) is 9.84. The fourth-order valence-corrected chi connectivity index (χ4v) is 0.944. The highest BCUT2D eigenvalue weighted by Gasteiger charge is 2.55. The summed E-state index contributed by atoms with van der Waals surface area (Å²) in [5.41, 5.74) is -1.09. The minimum atomic E-state index is -4.76. The predicted octanol–water partition coefficient (Wildman–Crippen LogP) is 0.201. The van der Waals surface area contributed by atoms with Gasteiger partial charge in [0.05, 0.1) is 5.41 Å². The van der Waals surface area contributed by atoms with Crippen molar-refractivity contribution in [2.24, 2.45) is 11.3 Å². The smallest absolute Gasteiger partial charge is 0.405 e. The molecule has 2 amide bonds. The van der Waals surface area contributed by atoms with E-state index in [1.807, 2.05) is 0 Å². The minimum Gasteiger partial charge on any atom is -0.465 e. The number of halogens is 3. The normalized spacial score (nSPS) is 14.1. The van der Waals surface area contributed by atoms with Crippen molar-refractivity contribution in [1.82, 2.24) is 10.7 Å². The standard InChI is InChI=1S/C7H12F3N3O3/c1-6(2,7(8,9)10)3(4(14)13-11)12-5(15)16/h3,12H,11H2,1-2H3,(H,13,14)(H,15,16). The molecule has 0 aromatic rings. The van der Waals surface area contributed by atoms with E-state index >= 15 is 0 Å². The van der Waals surface area contributed by atoms with Crippen LogP contribution in [0.25, 0.3) is 0 Å². The summed E-state index contributed by atoms with van der Waals surface area (Å²) in [7, 11) is 0. The largest absolute Gasteiger partial charge is 0.465 e. The van der Waals surface area contributed by atoms with E-state index in [1.165, 1.54) is 10.7 Å². The average Bonchev–Trinajstić information content (AvgIpc) is 2.10. The first-order valence-corrected chi connectivity index (χ1v) is 4.10. The van der Waals surface area contributed by atoms with Gasteiger partial charge in [0.2, 0.25) is 0 Å². The van der Waals surface area contributed by atoms with Crippen molar-refractivity contribution in [3.63, 3.8) is 0 Å². The van der Waals surface area contributed by atoms with Crippen LogP contribution in [0.15, 0.2) is 0 Å². The second kappa shape index (κ2) is 4.56. The first-order valence-electron chi connectivity index (χ1n) is 4.10. The first-order chi connectivity index (χ1) is 7.04. The Bertz CT molecular complexity index is 290. The van der Waals surface area contributed by atoms with Gasteiger partial charge in [0.15, 0.2) is 0 Å². The summed E-state index contributed by atoms with van der Waals surface area (Å²) >= 11 is 0. The lowest BCUT2D eigenvalue weighted by atomic mass is 9.83. The van der Waals surface area contributed by atoms with Crippen LogP contribution >= 0.6 is 0 Å². The van der Waals surface area contributed by atoms with Gasteiger partial charge in [0.1, 0.15) is 6.04 Å². The molecule has 0 saturated heterocycles. The van der Waals surface area contributed by atoms with Crippen LogP contribution in [-0.2, 0) is 4.79 Å². The second-order valence-corrected chi connectivity index (χ2v) is 3.61. The van der Waals surface area contributed by atoms with Crippen molar-refractivity contribution >= 4 is 12.0 Å². The molecule has 94 valence electrons. The predicted molar refractivity (Wildman–Crippen MR) is 47.1 cm³/mol. The summed E-state index contributed by atoms with van der Waals surface area (Å²) in [4.78, 5) is 21.4. The third kappa shape index (κ3) is 2.99. The molecule has 5 N–H and O–H groups in total. The molecule has 16 heavy (non-hydrogen) atoms. The van der Waals surface area contributed by atoms with E-state index in [4.69, 9.17) is 5.11 Å². The Morgan fingerprint density at radius 1 is 1.31 bits per heavy atom. The lowest BCUT2D eigenvalue weighted by Crippen LogP contribution is -2.60. The number of hydrogen-bond donors (Lipinski definition) is 4. The quantitative estimate of drug-likeness (QED) is 0.323. The Morgan fingerprint density at radius 2 is 1.75 bits per heavy atom. The molecule has 0 aliphatic rings. The molecular weight excluding hydrogens is 231 g/mol. The van der Waals surface area contributed by atoms with Crippen LogP contribution in [0.4, 0.5) is 18.0 Å². The van der Waals surface area contributed by atoms with E-state index in [0.29, 0.717) is 13.8 Å². The van der Waals surface area contributed by atoms with Crippen LogP contribution in [0.5, 0.6) is 0 Å². The Morgan fingerprint density at radius 3 is 2.00 bits per heavy atom. The van der Waals surface area contributed by atoms with Crippen molar-refractivity contribution in [1.29, 1.82) is 0 Å². The summed E-state index contributed by atoms with van der Waals surface area (Å²) in [5.74, 6) is 3.43. The third-order valence-electron chi connectivity index (χ3n) is 2.12. The molecule has 0 rings (SSSR count). The topological polar surface area (TPSA) is 104 Å². The number of amides is 2. The van der Waals surface area contributed by atoms with Gasteiger partial charge in [-0.3, -0.25) is 10.2 Å². The van der Waals surface area contributed by atoms with Gasteiger partial charge in [0, 0.05) is 0 Å². The van der Waals surface area contributed by atoms with Crippen molar-refractivity contribution in [2.45, 2.75) is 26.1 Å². The Labute approximate surface area is 89.0 Å². The summed E-state index contributed by atoms with van der Waals surface area (Å²) in [6, 6.07) is -2.02. The number of carbonyl (C=O) groups is 2. The van der Waals surface area contributed by atoms with Crippen LogP contribution in [0.3, 0.4) is 0 Å². The number of carboxylic acid groups (broad SMARTS) is 1. The first kappa shape index (κ1) is 14.5. The molecule has 1 unspecified atom stereocenters. The molecule has 9 heteroatoms. The van der Waals surface area contributed by atoms with E-state index < -0.39 is 29.6 Å². The maximum absolute atomic E-state index is 12.6. The van der Waals surface area contributed by atoms with Crippen molar-refractivity contribution in [3.05, 3.63) is 0 Å². The minimum absolute atomic E-state index is 0.697. The number of nitrogens with two attached hydrogens (primary N) is 1. The molecular formula is C7H12F3N3O3. The zero-order valence-corrected chi connectivity index (χ0v) is 8.55. The molecule has 1 atom stereocenters. The van der Waals surface area contributed by atoms with Gasteiger partial charge in [-0.25, -0.2) is 10.6 Å². The van der Waals surface area contributed by atoms with Gasteiger partial charge in [0.25, 0.3) is 5.91 Å². The fraction of sp³-hybridized carbons (Fsp3) is 0.714. The molecule has 0 bridgehead atoms. The maximum atomic E-state index is 12.6. The van der Waals surface area contributed by atoms with Crippen molar-refractivity contribution in [3.8, 4) is 0 Å². The third-order valence-corrected chi connectivity index (χ3v) is 2.12.